The molecule has 2 heterocycles. The van der Waals surface area contributed by atoms with Crippen molar-refractivity contribution in [1.29, 1.82) is 0 Å². The summed E-state index contributed by atoms with van der Waals surface area (Å²) in [7, 11) is 4.88. The second kappa shape index (κ2) is 9.96. The number of benzene rings is 3. The number of amides is 1. The summed E-state index contributed by atoms with van der Waals surface area (Å²) in [5.41, 5.74) is 7.66. The van der Waals surface area contributed by atoms with Crippen molar-refractivity contribution in [2.75, 3.05) is 26.2 Å². The number of fused-ring (bicyclic) bond motifs is 3. The fourth-order valence-corrected chi connectivity index (χ4v) is 6.15. The average molecular weight is 538 g/mol. The molecule has 0 saturated heterocycles. The van der Waals surface area contributed by atoms with E-state index in [1.807, 2.05) is 36.4 Å². The molecule has 8 heteroatoms. The number of methoxy groups -OCH3 is 2. The molecule has 1 N–H and O–H groups in total. The molecule has 0 radical (unpaired) electrons. The Morgan fingerprint density at radius 1 is 0.923 bits per heavy atom. The molecule has 1 aliphatic rings. The van der Waals surface area contributed by atoms with Gasteiger partial charge in [-0.2, -0.15) is 5.10 Å². The number of ether oxygens (including phenoxy) is 2. The molecule has 0 unspecified atom stereocenters. The molecule has 0 spiro atoms. The maximum atomic E-state index is 11.6. The molecule has 7 nitrogen and oxygen atoms in total. The van der Waals surface area contributed by atoms with E-state index in [-0.39, 0.29) is 6.04 Å². The van der Waals surface area contributed by atoms with Crippen LogP contribution >= 0.6 is 11.3 Å². The zero-order valence-corrected chi connectivity index (χ0v) is 22.6. The van der Waals surface area contributed by atoms with E-state index in [1.165, 1.54) is 21.8 Å². The van der Waals surface area contributed by atoms with E-state index in [0.717, 1.165) is 56.4 Å². The standard InChI is InChI=1S/C31H27N3O4S/c1-33(31(35)36)27-17-16-26(39-27)28-25-18-21-6-4-5-7-24(21)30(25)34(32-28)29(19-8-12-22(37-2)13-9-19)20-10-14-23(38-3)15-11-20/h4-17,29H,18H2,1-3H3,(H,35,36). The minimum atomic E-state index is -0.995. The summed E-state index contributed by atoms with van der Waals surface area (Å²) < 4.78 is 13.0. The Labute approximate surface area is 230 Å². The first-order valence-corrected chi connectivity index (χ1v) is 13.3. The van der Waals surface area contributed by atoms with Crippen molar-refractivity contribution in [3.63, 3.8) is 0 Å². The van der Waals surface area contributed by atoms with E-state index in [0.29, 0.717) is 5.00 Å². The van der Waals surface area contributed by atoms with E-state index in [9.17, 15) is 9.90 Å². The van der Waals surface area contributed by atoms with Crippen LogP contribution < -0.4 is 14.4 Å². The lowest BCUT2D eigenvalue weighted by atomic mass is 9.97. The van der Waals surface area contributed by atoms with E-state index in [2.05, 4.69) is 53.2 Å². The maximum Gasteiger partial charge on any atom is 0.412 e. The van der Waals surface area contributed by atoms with Crippen molar-refractivity contribution in [2.24, 2.45) is 0 Å². The lowest BCUT2D eigenvalue weighted by molar-refractivity contribution is 0.203. The van der Waals surface area contributed by atoms with Gasteiger partial charge in [-0.3, -0.25) is 9.58 Å². The third-order valence-electron chi connectivity index (χ3n) is 7.20. The Balaban J connectivity index is 1.57. The molecule has 1 amide bonds. The van der Waals surface area contributed by atoms with Gasteiger partial charge in [0.2, 0.25) is 0 Å². The molecule has 196 valence electrons. The van der Waals surface area contributed by atoms with Crippen molar-refractivity contribution >= 4 is 22.4 Å². The van der Waals surface area contributed by atoms with Crippen LogP contribution in [0.1, 0.15) is 28.3 Å². The topological polar surface area (TPSA) is 76.8 Å². The van der Waals surface area contributed by atoms with Crippen LogP contribution in [-0.4, -0.2) is 42.2 Å². The highest BCUT2D eigenvalue weighted by atomic mass is 32.1. The number of carboxylic acid groups (broad SMARTS) is 1. The van der Waals surface area contributed by atoms with Crippen LogP contribution in [-0.2, 0) is 6.42 Å². The highest BCUT2D eigenvalue weighted by molar-refractivity contribution is 7.19. The lowest BCUT2D eigenvalue weighted by Crippen LogP contribution is -2.22. The smallest absolute Gasteiger partial charge is 0.412 e. The molecule has 0 saturated carbocycles. The zero-order chi connectivity index (χ0) is 27.1. The summed E-state index contributed by atoms with van der Waals surface area (Å²) in [6, 6.07) is 28.2. The van der Waals surface area contributed by atoms with Gasteiger partial charge >= 0.3 is 6.09 Å². The van der Waals surface area contributed by atoms with Crippen LogP contribution in [0.3, 0.4) is 0 Å². The average Bonchev–Trinajstić information content (AvgIpc) is 3.69. The van der Waals surface area contributed by atoms with E-state index in [4.69, 9.17) is 14.6 Å². The van der Waals surface area contributed by atoms with Gasteiger partial charge in [0.15, 0.2) is 0 Å². The molecular weight excluding hydrogens is 510 g/mol. The first kappa shape index (κ1) is 24.8. The first-order chi connectivity index (χ1) is 19.0. The van der Waals surface area contributed by atoms with Gasteiger partial charge in [-0.1, -0.05) is 48.5 Å². The number of thiophene rings is 1. The molecule has 3 aromatic carbocycles. The maximum absolute atomic E-state index is 11.6. The Bertz CT molecular complexity index is 1610. The van der Waals surface area contributed by atoms with Crippen molar-refractivity contribution < 1.29 is 19.4 Å². The minimum absolute atomic E-state index is 0.211. The van der Waals surface area contributed by atoms with E-state index < -0.39 is 6.09 Å². The van der Waals surface area contributed by atoms with Gasteiger partial charge in [-0.15, -0.1) is 11.3 Å². The zero-order valence-electron chi connectivity index (χ0n) is 21.8. The summed E-state index contributed by atoms with van der Waals surface area (Å²) in [5, 5.41) is 15.4. The molecule has 0 fully saturated rings. The van der Waals surface area contributed by atoms with Gasteiger partial charge in [-0.25, -0.2) is 4.79 Å². The quantitative estimate of drug-likeness (QED) is 0.238. The van der Waals surface area contributed by atoms with Crippen molar-refractivity contribution in [3.8, 4) is 33.3 Å². The van der Waals surface area contributed by atoms with Gasteiger partial charge in [0, 0.05) is 24.6 Å². The van der Waals surface area contributed by atoms with Crippen molar-refractivity contribution in [3.05, 3.63) is 107 Å². The molecule has 2 aromatic heterocycles. The molecule has 39 heavy (non-hydrogen) atoms. The summed E-state index contributed by atoms with van der Waals surface area (Å²) in [6.07, 6.45) is -0.230. The number of nitrogens with zero attached hydrogens (tertiary/aromatic N) is 3. The van der Waals surface area contributed by atoms with Crippen LogP contribution in [0.2, 0.25) is 0 Å². The Morgan fingerprint density at radius 2 is 1.54 bits per heavy atom. The molecule has 5 aromatic rings. The second-order valence-corrected chi connectivity index (χ2v) is 10.4. The van der Waals surface area contributed by atoms with Gasteiger partial charge in [-0.05, 0) is 53.1 Å². The second-order valence-electron chi connectivity index (χ2n) is 9.38. The summed E-state index contributed by atoms with van der Waals surface area (Å²) in [4.78, 5) is 13.7. The summed E-state index contributed by atoms with van der Waals surface area (Å²) in [5.74, 6) is 1.58. The highest BCUT2D eigenvalue weighted by Gasteiger charge is 2.32. The van der Waals surface area contributed by atoms with E-state index in [1.54, 1.807) is 21.3 Å². The Kier molecular flexibility index (Phi) is 6.32. The Hall–Kier alpha value is -4.56. The third kappa shape index (κ3) is 4.32. The van der Waals surface area contributed by atoms with Gasteiger partial charge < -0.3 is 14.6 Å². The van der Waals surface area contributed by atoms with E-state index >= 15 is 0 Å². The normalized spacial score (nSPS) is 11.8. The number of rotatable bonds is 7. The lowest BCUT2D eigenvalue weighted by Gasteiger charge is -2.22. The van der Waals surface area contributed by atoms with Crippen LogP contribution in [0.25, 0.3) is 21.8 Å². The van der Waals surface area contributed by atoms with Crippen molar-refractivity contribution in [2.45, 2.75) is 12.5 Å². The molecule has 1 aliphatic carbocycles. The van der Waals surface area contributed by atoms with Crippen LogP contribution in [0.15, 0.2) is 84.9 Å². The molecule has 0 bridgehead atoms. The predicted octanol–water partition coefficient (Wildman–Crippen LogP) is 6.95. The Morgan fingerprint density at radius 3 is 2.13 bits per heavy atom. The van der Waals surface area contributed by atoms with Crippen LogP contribution in [0.4, 0.5) is 9.80 Å². The SMILES string of the molecule is COc1ccc(C(c2ccc(OC)cc2)n2nc(-c3ccc(N(C)C(=O)O)s3)c3c2-c2ccccc2C3)cc1. The molecule has 6 rings (SSSR count). The molecule has 0 aliphatic heterocycles. The number of carbonyl (C=O) groups is 1. The number of hydrogen-bond acceptors (Lipinski definition) is 5. The number of anilines is 1. The largest absolute Gasteiger partial charge is 0.497 e. The number of hydrogen-bond donors (Lipinski definition) is 1. The van der Waals surface area contributed by atoms with Crippen LogP contribution in [0, 0.1) is 0 Å². The molecular formula is C31H27N3O4S. The van der Waals surface area contributed by atoms with Gasteiger partial charge in [0.1, 0.15) is 28.2 Å². The monoisotopic (exact) mass is 537 g/mol. The van der Waals surface area contributed by atoms with Crippen molar-refractivity contribution in [1.82, 2.24) is 9.78 Å². The van der Waals surface area contributed by atoms with Crippen LogP contribution in [0.5, 0.6) is 11.5 Å². The minimum Gasteiger partial charge on any atom is -0.497 e. The predicted molar refractivity (Wildman–Crippen MR) is 153 cm³/mol. The fraction of sp³-hybridized carbons (Fsp3) is 0.161. The third-order valence-corrected chi connectivity index (χ3v) is 8.37. The fourth-order valence-electron chi connectivity index (χ4n) is 5.18. The van der Waals surface area contributed by atoms with Gasteiger partial charge in [0.05, 0.1) is 24.8 Å². The highest BCUT2D eigenvalue weighted by Crippen LogP contribution is 2.46. The number of aromatic nitrogens is 2. The van der Waals surface area contributed by atoms with Gasteiger partial charge in [0.25, 0.3) is 0 Å². The first-order valence-electron chi connectivity index (χ1n) is 12.5. The summed E-state index contributed by atoms with van der Waals surface area (Å²) >= 11 is 1.43. The molecule has 0 atom stereocenters. The summed E-state index contributed by atoms with van der Waals surface area (Å²) in [6.45, 7) is 0.